The number of aryl methyl sites for hydroxylation is 1. The molecule has 1 nitrogen and oxygen atoms in total. The number of hydrogen-bond acceptors (Lipinski definition) is 1. The molecule has 0 aliphatic rings. The van der Waals surface area contributed by atoms with E-state index in [9.17, 15) is 0 Å². The topological polar surface area (TPSA) is 12.0 Å². The predicted octanol–water partition coefficient (Wildman–Crippen LogP) is 3.38. The van der Waals surface area contributed by atoms with E-state index in [0.717, 1.165) is 17.4 Å². The van der Waals surface area contributed by atoms with E-state index in [1.807, 2.05) is 7.05 Å². The third-order valence-electron chi connectivity index (χ3n) is 2.09. The third kappa shape index (κ3) is 3.64. The van der Waals surface area contributed by atoms with E-state index in [4.69, 9.17) is 0 Å². The van der Waals surface area contributed by atoms with Crippen molar-refractivity contribution in [1.82, 2.24) is 5.32 Å². The first-order valence-electron chi connectivity index (χ1n) is 4.81. The molecule has 1 rings (SSSR count). The molecule has 0 aliphatic heterocycles. The van der Waals surface area contributed by atoms with E-state index in [1.165, 1.54) is 11.1 Å². The molecule has 1 N–H and O–H groups in total. The van der Waals surface area contributed by atoms with Gasteiger partial charge in [-0.25, -0.2) is 0 Å². The van der Waals surface area contributed by atoms with Crippen LogP contribution in [0.4, 0.5) is 0 Å². The van der Waals surface area contributed by atoms with Crippen LogP contribution in [0.25, 0.3) is 6.08 Å². The van der Waals surface area contributed by atoms with Crippen LogP contribution < -0.4 is 5.32 Å². The fourth-order valence-electron chi connectivity index (χ4n) is 1.26. The maximum absolute atomic E-state index is 3.46. The number of rotatable bonds is 4. The summed E-state index contributed by atoms with van der Waals surface area (Å²) in [6, 6.07) is 6.35. The number of nitrogens with one attached hydrogen (secondary N) is 1. The van der Waals surface area contributed by atoms with Gasteiger partial charge >= 0.3 is 0 Å². The molecule has 0 bridgehead atoms. The molecule has 0 atom stereocenters. The van der Waals surface area contributed by atoms with Gasteiger partial charge in [-0.1, -0.05) is 34.1 Å². The highest BCUT2D eigenvalue weighted by Crippen LogP contribution is 2.16. The highest BCUT2D eigenvalue weighted by Gasteiger charge is 1.93. The summed E-state index contributed by atoms with van der Waals surface area (Å²) >= 11 is 3.46. The van der Waals surface area contributed by atoms with Crippen molar-refractivity contribution in [2.45, 2.75) is 13.3 Å². The minimum absolute atomic E-state index is 1.03. The van der Waals surface area contributed by atoms with Crippen molar-refractivity contribution in [2.75, 3.05) is 13.6 Å². The van der Waals surface area contributed by atoms with E-state index in [0.29, 0.717) is 0 Å². The standard InChI is InChI=1S/C12H16BrN/c1-10-9-12(13)7-6-11(10)5-3-4-8-14-2/h3,5-7,9,14H,4,8H2,1-2H3. The summed E-state index contributed by atoms with van der Waals surface area (Å²) in [6.07, 6.45) is 5.46. The molecule has 0 aliphatic carbocycles. The van der Waals surface area contributed by atoms with E-state index in [2.05, 4.69) is 58.5 Å². The molecule has 0 amide bonds. The first kappa shape index (κ1) is 11.5. The van der Waals surface area contributed by atoms with Crippen molar-refractivity contribution in [1.29, 1.82) is 0 Å². The number of hydrogen-bond donors (Lipinski definition) is 1. The molecule has 0 saturated carbocycles. The minimum Gasteiger partial charge on any atom is -0.319 e. The Kier molecular flexibility index (Phi) is 4.91. The molecular weight excluding hydrogens is 238 g/mol. The molecule has 0 saturated heterocycles. The average Bonchev–Trinajstić information content (AvgIpc) is 2.15. The SMILES string of the molecule is CNCCC=Cc1ccc(Br)cc1C. The Balaban J connectivity index is 2.62. The largest absolute Gasteiger partial charge is 0.319 e. The molecule has 0 radical (unpaired) electrons. The summed E-state index contributed by atoms with van der Waals surface area (Å²) in [5.41, 5.74) is 2.60. The van der Waals surface area contributed by atoms with Crippen molar-refractivity contribution < 1.29 is 0 Å². The highest BCUT2D eigenvalue weighted by molar-refractivity contribution is 9.10. The molecule has 2 heteroatoms. The Morgan fingerprint density at radius 2 is 2.21 bits per heavy atom. The zero-order valence-corrected chi connectivity index (χ0v) is 10.3. The maximum atomic E-state index is 3.46. The van der Waals surface area contributed by atoms with Crippen LogP contribution in [0.2, 0.25) is 0 Å². The van der Waals surface area contributed by atoms with E-state index < -0.39 is 0 Å². The summed E-state index contributed by atoms with van der Waals surface area (Å²) in [4.78, 5) is 0. The Hall–Kier alpha value is -0.600. The fourth-order valence-corrected chi connectivity index (χ4v) is 1.74. The molecule has 0 heterocycles. The molecule has 1 aromatic carbocycles. The monoisotopic (exact) mass is 253 g/mol. The van der Waals surface area contributed by atoms with Crippen molar-refractivity contribution in [2.24, 2.45) is 0 Å². The summed E-state index contributed by atoms with van der Waals surface area (Å²) in [6.45, 7) is 3.16. The quantitative estimate of drug-likeness (QED) is 0.812. The zero-order valence-electron chi connectivity index (χ0n) is 8.68. The van der Waals surface area contributed by atoms with Crippen molar-refractivity contribution in [3.05, 3.63) is 39.9 Å². The molecule has 0 unspecified atom stereocenters. The van der Waals surface area contributed by atoms with Gasteiger partial charge in [0.15, 0.2) is 0 Å². The van der Waals surface area contributed by atoms with Gasteiger partial charge < -0.3 is 5.32 Å². The Labute approximate surface area is 94.3 Å². The highest BCUT2D eigenvalue weighted by atomic mass is 79.9. The molecule has 76 valence electrons. The van der Waals surface area contributed by atoms with Crippen LogP contribution in [-0.2, 0) is 0 Å². The van der Waals surface area contributed by atoms with Gasteiger partial charge in [-0.05, 0) is 50.2 Å². The lowest BCUT2D eigenvalue weighted by Crippen LogP contribution is -2.05. The van der Waals surface area contributed by atoms with Crippen LogP contribution in [0.3, 0.4) is 0 Å². The molecule has 0 fully saturated rings. The van der Waals surface area contributed by atoms with Crippen LogP contribution in [-0.4, -0.2) is 13.6 Å². The first-order chi connectivity index (χ1) is 6.74. The van der Waals surface area contributed by atoms with E-state index >= 15 is 0 Å². The Morgan fingerprint density at radius 3 is 2.86 bits per heavy atom. The summed E-state index contributed by atoms with van der Waals surface area (Å²) in [5.74, 6) is 0. The second-order valence-corrected chi connectivity index (χ2v) is 4.21. The molecule has 0 spiro atoms. The smallest absolute Gasteiger partial charge is 0.0178 e. The normalized spacial score (nSPS) is 11.1. The Morgan fingerprint density at radius 1 is 1.43 bits per heavy atom. The average molecular weight is 254 g/mol. The van der Waals surface area contributed by atoms with Crippen molar-refractivity contribution in [3.8, 4) is 0 Å². The lowest BCUT2D eigenvalue weighted by atomic mass is 10.1. The minimum atomic E-state index is 1.03. The zero-order chi connectivity index (χ0) is 10.4. The van der Waals surface area contributed by atoms with E-state index in [1.54, 1.807) is 0 Å². The molecular formula is C12H16BrN. The van der Waals surface area contributed by atoms with Crippen molar-refractivity contribution >= 4 is 22.0 Å². The van der Waals surface area contributed by atoms with Gasteiger partial charge in [-0.15, -0.1) is 0 Å². The van der Waals surface area contributed by atoms with Gasteiger partial charge in [0.1, 0.15) is 0 Å². The summed E-state index contributed by atoms with van der Waals surface area (Å²) < 4.78 is 1.14. The van der Waals surface area contributed by atoms with Gasteiger partial charge in [-0.3, -0.25) is 0 Å². The maximum Gasteiger partial charge on any atom is 0.0178 e. The molecule has 0 aromatic heterocycles. The summed E-state index contributed by atoms with van der Waals surface area (Å²) in [5, 5.41) is 3.12. The van der Waals surface area contributed by atoms with Gasteiger partial charge in [0, 0.05) is 4.47 Å². The lowest BCUT2D eigenvalue weighted by Gasteiger charge is -2.00. The summed E-state index contributed by atoms with van der Waals surface area (Å²) in [7, 11) is 1.97. The Bertz CT molecular complexity index is 318. The van der Waals surface area contributed by atoms with Gasteiger partial charge in [-0.2, -0.15) is 0 Å². The van der Waals surface area contributed by atoms with Crippen molar-refractivity contribution in [3.63, 3.8) is 0 Å². The first-order valence-corrected chi connectivity index (χ1v) is 5.60. The van der Waals surface area contributed by atoms with Gasteiger partial charge in [0.25, 0.3) is 0 Å². The van der Waals surface area contributed by atoms with Crippen LogP contribution in [0.1, 0.15) is 17.5 Å². The predicted molar refractivity (Wildman–Crippen MR) is 66.5 cm³/mol. The second-order valence-electron chi connectivity index (χ2n) is 3.30. The van der Waals surface area contributed by atoms with Crippen LogP contribution >= 0.6 is 15.9 Å². The lowest BCUT2D eigenvalue weighted by molar-refractivity contribution is 0.809. The number of benzene rings is 1. The fraction of sp³-hybridized carbons (Fsp3) is 0.333. The second kappa shape index (κ2) is 5.99. The number of halogens is 1. The van der Waals surface area contributed by atoms with Crippen LogP contribution in [0.5, 0.6) is 0 Å². The van der Waals surface area contributed by atoms with Crippen LogP contribution in [0.15, 0.2) is 28.7 Å². The van der Waals surface area contributed by atoms with Gasteiger partial charge in [0.2, 0.25) is 0 Å². The molecule has 1 aromatic rings. The van der Waals surface area contributed by atoms with Crippen LogP contribution in [0, 0.1) is 6.92 Å². The molecule has 14 heavy (non-hydrogen) atoms. The van der Waals surface area contributed by atoms with Gasteiger partial charge in [0.05, 0.1) is 0 Å². The third-order valence-corrected chi connectivity index (χ3v) is 2.58. The van der Waals surface area contributed by atoms with E-state index in [-0.39, 0.29) is 0 Å².